The van der Waals surface area contributed by atoms with E-state index in [1.54, 1.807) is 61.5 Å². The van der Waals surface area contributed by atoms with Gasteiger partial charge in [0.25, 0.3) is 11.8 Å². The number of fused-ring (bicyclic) bond motifs is 4. The Hall–Kier alpha value is -4.43. The van der Waals surface area contributed by atoms with Gasteiger partial charge in [-0.05, 0) is 85.3 Å². The number of hydrogen-bond acceptors (Lipinski definition) is 7. The quantitative estimate of drug-likeness (QED) is 0.152. The molecule has 2 saturated heterocycles. The predicted molar refractivity (Wildman–Crippen MR) is 201 cm³/mol. The number of nitrogens with one attached hydrogen (secondary N) is 1. The second-order valence-electron chi connectivity index (χ2n) is 14.1. The van der Waals surface area contributed by atoms with Crippen LogP contribution < -0.4 is 10.3 Å². The van der Waals surface area contributed by atoms with Gasteiger partial charge in [-0.25, -0.2) is 9.88 Å². The monoisotopic (exact) mass is 872 g/mol. The van der Waals surface area contributed by atoms with Crippen molar-refractivity contribution in [3.8, 4) is 5.75 Å². The number of hydrogen-bond donors (Lipinski definition) is 2. The number of aromatic hydroxyl groups is 1. The molecule has 2 aliphatic heterocycles. The highest BCUT2D eigenvalue weighted by Gasteiger charge is 2.70. The Balaban J connectivity index is 1.31. The van der Waals surface area contributed by atoms with E-state index >= 15 is 4.79 Å². The van der Waals surface area contributed by atoms with Crippen LogP contribution in [0.25, 0.3) is 0 Å². The highest BCUT2D eigenvalue weighted by Crippen LogP contribution is 2.65. The zero-order chi connectivity index (χ0) is 39.3. The molecule has 3 fully saturated rings. The van der Waals surface area contributed by atoms with E-state index in [9.17, 15) is 32.7 Å². The molecule has 55 heavy (non-hydrogen) atoms. The summed E-state index contributed by atoms with van der Waals surface area (Å²) in [4.78, 5) is 63.6. The number of carbonyl (C=O) groups excluding carboxylic acids is 4. The number of amides is 4. The molecule has 16 heteroatoms. The van der Waals surface area contributed by atoms with Gasteiger partial charge in [-0.15, -0.1) is 0 Å². The number of hydrazine groups is 1. The summed E-state index contributed by atoms with van der Waals surface area (Å²) >= 11 is 22.5. The first-order chi connectivity index (χ1) is 26.0. The summed E-state index contributed by atoms with van der Waals surface area (Å²) in [5, 5.41) is 12.4. The van der Waals surface area contributed by atoms with Crippen LogP contribution in [-0.4, -0.2) is 38.7 Å². The lowest BCUT2D eigenvalue weighted by Gasteiger charge is -2.50. The standard InChI is InChI=1S/C39H27BrCl3F3N4O5/c1-17-2-8-22(14-28(17)42)49-34(52)24-10-9-23-25(31(24)36(49)54)15-27-35(53)50(48-33-29(43)12-19(16-47-33)39(44,45)46)37(55)38(27,18-3-6-21(41)7-4-18)32(23)26-13-20(40)5-11-30(26)51/h2-9,11-14,16,24-25,27,31-32,51H,10,15H2,1H3,(H,47,48)/t24-,25+,27-,31-,32+,38+/m0/s1. The third-order valence-electron chi connectivity index (χ3n) is 11.3. The average molecular weight is 875 g/mol. The maximum absolute atomic E-state index is 15.3. The molecule has 1 aromatic heterocycles. The van der Waals surface area contributed by atoms with Gasteiger partial charge in [-0.3, -0.25) is 24.6 Å². The third-order valence-corrected chi connectivity index (χ3v) is 12.7. The van der Waals surface area contributed by atoms with Crippen LogP contribution in [-0.2, 0) is 30.8 Å². The van der Waals surface area contributed by atoms with Crippen molar-refractivity contribution in [2.45, 2.75) is 37.3 Å². The number of allylic oxidation sites excluding steroid dienone is 2. The summed E-state index contributed by atoms with van der Waals surface area (Å²) in [6.07, 6.45) is -2.37. The second kappa shape index (κ2) is 13.4. The predicted octanol–water partition coefficient (Wildman–Crippen LogP) is 9.03. The molecule has 0 bridgehead atoms. The molecule has 3 heterocycles. The number of aryl methyl sites for hydroxylation is 1. The molecule has 0 spiro atoms. The van der Waals surface area contributed by atoms with Gasteiger partial charge >= 0.3 is 6.18 Å². The van der Waals surface area contributed by atoms with Gasteiger partial charge in [0.1, 0.15) is 5.75 Å². The van der Waals surface area contributed by atoms with E-state index in [-0.39, 0.29) is 30.0 Å². The van der Waals surface area contributed by atoms with Gasteiger partial charge in [-0.1, -0.05) is 80.6 Å². The van der Waals surface area contributed by atoms with Crippen molar-refractivity contribution in [1.29, 1.82) is 0 Å². The van der Waals surface area contributed by atoms with E-state index in [1.807, 2.05) is 6.08 Å². The van der Waals surface area contributed by atoms with Crippen molar-refractivity contribution in [2.75, 3.05) is 10.3 Å². The lowest BCUT2D eigenvalue weighted by atomic mass is 9.49. The van der Waals surface area contributed by atoms with Crippen LogP contribution in [0.4, 0.5) is 24.7 Å². The Morgan fingerprint density at radius 1 is 0.909 bits per heavy atom. The Morgan fingerprint density at radius 3 is 2.31 bits per heavy atom. The van der Waals surface area contributed by atoms with E-state index in [2.05, 4.69) is 26.3 Å². The van der Waals surface area contributed by atoms with Crippen LogP contribution in [0.2, 0.25) is 15.1 Å². The minimum atomic E-state index is -4.76. The summed E-state index contributed by atoms with van der Waals surface area (Å²) in [7, 11) is 0. The fraction of sp³-hybridized carbons (Fsp3) is 0.256. The Morgan fingerprint density at radius 2 is 1.64 bits per heavy atom. The fourth-order valence-electron chi connectivity index (χ4n) is 8.86. The molecule has 4 aliphatic rings. The van der Waals surface area contributed by atoms with Crippen LogP contribution in [0.3, 0.4) is 0 Å². The molecule has 2 aliphatic carbocycles. The minimum Gasteiger partial charge on any atom is -0.508 e. The molecule has 282 valence electrons. The number of phenols is 1. The number of halogens is 7. The highest BCUT2D eigenvalue weighted by atomic mass is 79.9. The van der Waals surface area contributed by atoms with Crippen molar-refractivity contribution in [2.24, 2.45) is 23.7 Å². The SMILES string of the molecule is Cc1ccc(N2C(=O)[C@H]3[C@H](CC=C4[C@H]3C[C@H]3C(=O)N(Nc5ncc(C(F)(F)F)cc5Cl)C(=O)[C@@]3(c3ccc(Cl)cc3)[C@H]4c3cc(Br)ccc3O)C2=O)cc1Cl. The minimum absolute atomic E-state index is 0.0840. The first kappa shape index (κ1) is 37.5. The van der Waals surface area contributed by atoms with Crippen LogP contribution in [0, 0.1) is 30.6 Å². The number of pyridine rings is 1. The summed E-state index contributed by atoms with van der Waals surface area (Å²) in [5.41, 5.74) is 1.89. The molecule has 0 unspecified atom stereocenters. The molecule has 6 atom stereocenters. The number of rotatable bonds is 5. The largest absolute Gasteiger partial charge is 0.508 e. The normalized spacial score (nSPS) is 26.2. The zero-order valence-corrected chi connectivity index (χ0v) is 32.2. The molecule has 3 aromatic carbocycles. The van der Waals surface area contributed by atoms with E-state index in [0.29, 0.717) is 48.6 Å². The number of anilines is 2. The van der Waals surface area contributed by atoms with Crippen LogP contribution in [0.1, 0.15) is 41.0 Å². The maximum Gasteiger partial charge on any atom is 0.417 e. The number of benzene rings is 3. The molecule has 8 rings (SSSR count). The third kappa shape index (κ3) is 5.76. The summed E-state index contributed by atoms with van der Waals surface area (Å²) in [5.74, 6) is -7.93. The molecular formula is C39H27BrCl3F3N4O5. The number of aromatic nitrogens is 1. The van der Waals surface area contributed by atoms with E-state index < -0.39 is 75.4 Å². The Bertz CT molecular complexity index is 2380. The molecule has 1 saturated carbocycles. The lowest BCUT2D eigenvalue weighted by molar-refractivity contribution is -0.139. The second-order valence-corrected chi connectivity index (χ2v) is 16.2. The number of nitrogens with zero attached hydrogens (tertiary/aromatic N) is 3. The van der Waals surface area contributed by atoms with Crippen molar-refractivity contribution < 1.29 is 37.5 Å². The van der Waals surface area contributed by atoms with Gasteiger partial charge < -0.3 is 5.11 Å². The van der Waals surface area contributed by atoms with E-state index in [0.717, 1.165) is 10.5 Å². The highest BCUT2D eigenvalue weighted by molar-refractivity contribution is 9.10. The molecule has 2 N–H and O–H groups in total. The van der Waals surface area contributed by atoms with Crippen molar-refractivity contribution in [3.63, 3.8) is 0 Å². The average Bonchev–Trinajstić information content (AvgIpc) is 3.52. The van der Waals surface area contributed by atoms with Gasteiger partial charge in [0.2, 0.25) is 11.8 Å². The first-order valence-corrected chi connectivity index (χ1v) is 18.9. The van der Waals surface area contributed by atoms with Gasteiger partial charge in [-0.2, -0.15) is 18.2 Å². The van der Waals surface area contributed by atoms with Gasteiger partial charge in [0, 0.05) is 32.2 Å². The van der Waals surface area contributed by atoms with Crippen molar-refractivity contribution in [1.82, 2.24) is 9.99 Å². The molecule has 4 amide bonds. The summed E-state index contributed by atoms with van der Waals surface area (Å²) < 4.78 is 41.0. The number of alkyl halides is 3. The number of carbonyl (C=O) groups is 4. The first-order valence-electron chi connectivity index (χ1n) is 17.0. The number of phenolic OH excluding ortho intramolecular Hbond substituents is 1. The topological polar surface area (TPSA) is 120 Å². The van der Waals surface area contributed by atoms with E-state index in [1.165, 1.54) is 6.07 Å². The van der Waals surface area contributed by atoms with E-state index in [4.69, 9.17) is 34.8 Å². The lowest BCUT2D eigenvalue weighted by Crippen LogP contribution is -2.53. The zero-order valence-electron chi connectivity index (χ0n) is 28.4. The van der Waals surface area contributed by atoms with Crippen LogP contribution >= 0.6 is 50.7 Å². The van der Waals surface area contributed by atoms with Crippen LogP contribution in [0.5, 0.6) is 5.75 Å². The molecule has 9 nitrogen and oxygen atoms in total. The fourth-order valence-corrected chi connectivity index (χ4v) is 9.75. The summed E-state index contributed by atoms with van der Waals surface area (Å²) in [6, 6.07) is 16.5. The molecule has 0 radical (unpaired) electrons. The Labute approximate surface area is 335 Å². The van der Waals surface area contributed by atoms with Crippen molar-refractivity contribution in [3.05, 3.63) is 126 Å². The maximum atomic E-state index is 15.3. The summed E-state index contributed by atoms with van der Waals surface area (Å²) in [6.45, 7) is 1.79. The van der Waals surface area contributed by atoms with Crippen molar-refractivity contribution >= 4 is 85.9 Å². The van der Waals surface area contributed by atoms with Gasteiger partial charge in [0.05, 0.1) is 39.4 Å². The molecular weight excluding hydrogens is 848 g/mol. The van der Waals surface area contributed by atoms with Gasteiger partial charge in [0.15, 0.2) is 5.82 Å². The smallest absolute Gasteiger partial charge is 0.417 e. The van der Waals surface area contributed by atoms with Crippen LogP contribution in [0.15, 0.2) is 89.0 Å². The number of imide groups is 2. The molecule has 4 aromatic rings. The Kier molecular flexibility index (Phi) is 9.10.